The van der Waals surface area contributed by atoms with Crippen molar-refractivity contribution < 1.29 is 0 Å². The van der Waals surface area contributed by atoms with E-state index in [0.29, 0.717) is 0 Å². The van der Waals surface area contributed by atoms with Gasteiger partial charge in [-0.25, -0.2) is 14.2 Å². The first-order valence-corrected chi connectivity index (χ1v) is 6.33. The zero-order valence-corrected chi connectivity index (χ0v) is 11.6. The number of aromatic nitrogens is 5. The lowest BCUT2D eigenvalue weighted by molar-refractivity contribution is 0.562. The van der Waals surface area contributed by atoms with Crippen molar-refractivity contribution in [3.63, 3.8) is 0 Å². The number of nitrogens with zero attached hydrogens (tertiary/aromatic N) is 5. The summed E-state index contributed by atoms with van der Waals surface area (Å²) in [5, 5.41) is 9.03. The quantitative estimate of drug-likeness (QED) is 0.671. The summed E-state index contributed by atoms with van der Waals surface area (Å²) in [4.78, 5) is 4.43. The van der Waals surface area contributed by atoms with Crippen LogP contribution in [0.1, 0.15) is 32.2 Å². The molecule has 5 nitrogen and oxygen atoms in total. The molecule has 0 aromatic carbocycles. The first-order valence-electron chi connectivity index (χ1n) is 6.33. The van der Waals surface area contributed by atoms with E-state index in [2.05, 4.69) is 42.0 Å². The summed E-state index contributed by atoms with van der Waals surface area (Å²) < 4.78 is 3.65. The van der Waals surface area contributed by atoms with E-state index in [1.807, 2.05) is 29.9 Å². The van der Waals surface area contributed by atoms with Crippen molar-refractivity contribution >= 4 is 5.52 Å². The highest BCUT2D eigenvalue weighted by Crippen LogP contribution is 2.23. The van der Waals surface area contributed by atoms with E-state index in [4.69, 9.17) is 0 Å². The van der Waals surface area contributed by atoms with Gasteiger partial charge in [0.2, 0.25) is 0 Å². The monoisotopic (exact) mass is 255 g/mol. The molecule has 0 N–H and O–H groups in total. The summed E-state index contributed by atoms with van der Waals surface area (Å²) >= 11 is 0. The third-order valence-electron chi connectivity index (χ3n) is 3.08. The first kappa shape index (κ1) is 11.9. The van der Waals surface area contributed by atoms with Gasteiger partial charge in [0.25, 0.3) is 0 Å². The molecule has 3 rings (SSSR count). The Hall–Kier alpha value is -2.17. The highest BCUT2D eigenvalue weighted by atomic mass is 15.3. The van der Waals surface area contributed by atoms with Crippen molar-refractivity contribution in [2.75, 3.05) is 0 Å². The molecule has 0 amide bonds. The largest absolute Gasteiger partial charge is 0.235 e. The standard InChI is InChI=1S/C14H17N5/c1-10-5-7-19(16-10)13-11-9-12(14(2,3)4)17-18(11)8-6-15-13/h5-9H,1-4H3. The molecule has 98 valence electrons. The fourth-order valence-corrected chi connectivity index (χ4v) is 1.98. The van der Waals surface area contributed by atoms with Crippen molar-refractivity contribution in [1.29, 1.82) is 0 Å². The van der Waals surface area contributed by atoms with Gasteiger partial charge in [0, 0.05) is 24.0 Å². The van der Waals surface area contributed by atoms with E-state index in [1.165, 1.54) is 0 Å². The van der Waals surface area contributed by atoms with Crippen molar-refractivity contribution in [3.05, 3.63) is 42.1 Å². The fourth-order valence-electron chi connectivity index (χ4n) is 1.98. The van der Waals surface area contributed by atoms with Gasteiger partial charge in [0.05, 0.1) is 11.4 Å². The van der Waals surface area contributed by atoms with Crippen LogP contribution in [-0.4, -0.2) is 24.4 Å². The molecule has 19 heavy (non-hydrogen) atoms. The molecule has 0 atom stereocenters. The lowest BCUT2D eigenvalue weighted by atomic mass is 9.92. The predicted octanol–water partition coefficient (Wildman–Crippen LogP) is 2.52. The van der Waals surface area contributed by atoms with E-state index in [0.717, 1.165) is 22.7 Å². The minimum absolute atomic E-state index is 0.0172. The van der Waals surface area contributed by atoms with Gasteiger partial charge >= 0.3 is 0 Å². The van der Waals surface area contributed by atoms with Crippen molar-refractivity contribution in [2.24, 2.45) is 0 Å². The normalized spacial score (nSPS) is 12.2. The molecule has 3 heterocycles. The molecule has 0 spiro atoms. The van der Waals surface area contributed by atoms with Crippen LogP contribution in [0.15, 0.2) is 30.7 Å². The maximum absolute atomic E-state index is 4.61. The SMILES string of the molecule is Cc1ccn(-c2nccn3nc(C(C)(C)C)cc23)n1. The summed E-state index contributed by atoms with van der Waals surface area (Å²) in [5.74, 6) is 0.804. The summed E-state index contributed by atoms with van der Waals surface area (Å²) in [6.45, 7) is 8.42. The second kappa shape index (κ2) is 3.91. The molecular weight excluding hydrogens is 238 g/mol. The number of rotatable bonds is 1. The van der Waals surface area contributed by atoms with E-state index in [-0.39, 0.29) is 5.41 Å². The molecule has 0 saturated heterocycles. The predicted molar refractivity (Wildman–Crippen MR) is 73.5 cm³/mol. The molecule has 0 fully saturated rings. The molecule has 0 aliphatic heterocycles. The summed E-state index contributed by atoms with van der Waals surface area (Å²) in [6, 6.07) is 4.05. The Kier molecular flexibility index (Phi) is 2.45. The van der Waals surface area contributed by atoms with Crippen molar-refractivity contribution in [2.45, 2.75) is 33.1 Å². The molecule has 5 heteroatoms. The topological polar surface area (TPSA) is 48.0 Å². The third-order valence-corrected chi connectivity index (χ3v) is 3.08. The Morgan fingerprint density at radius 3 is 2.53 bits per heavy atom. The second-order valence-electron chi connectivity index (χ2n) is 5.76. The number of hydrogen-bond donors (Lipinski definition) is 0. The summed E-state index contributed by atoms with van der Waals surface area (Å²) in [6.07, 6.45) is 5.53. The van der Waals surface area contributed by atoms with Crippen LogP contribution in [0.4, 0.5) is 0 Å². The lowest BCUT2D eigenvalue weighted by Crippen LogP contribution is -2.11. The first-order chi connectivity index (χ1) is 8.95. The average Bonchev–Trinajstić information content (AvgIpc) is 2.93. The Balaban J connectivity index is 2.23. The molecule has 0 saturated carbocycles. The van der Waals surface area contributed by atoms with Crippen LogP contribution < -0.4 is 0 Å². The molecule has 3 aromatic rings. The molecule has 0 aliphatic rings. The Morgan fingerprint density at radius 2 is 1.89 bits per heavy atom. The lowest BCUT2D eigenvalue weighted by Gasteiger charge is -2.13. The van der Waals surface area contributed by atoms with E-state index in [9.17, 15) is 0 Å². The van der Waals surface area contributed by atoms with Crippen LogP contribution >= 0.6 is 0 Å². The van der Waals surface area contributed by atoms with Crippen molar-refractivity contribution in [1.82, 2.24) is 24.4 Å². The van der Waals surface area contributed by atoms with Crippen LogP contribution in [-0.2, 0) is 5.41 Å². The molecule has 3 aromatic heterocycles. The number of hydrogen-bond acceptors (Lipinski definition) is 3. The zero-order valence-electron chi connectivity index (χ0n) is 11.6. The smallest absolute Gasteiger partial charge is 0.179 e. The molecule has 0 bridgehead atoms. The van der Waals surface area contributed by atoms with E-state index >= 15 is 0 Å². The van der Waals surface area contributed by atoms with Crippen LogP contribution in [0.5, 0.6) is 0 Å². The highest BCUT2D eigenvalue weighted by molar-refractivity contribution is 5.61. The summed E-state index contributed by atoms with van der Waals surface area (Å²) in [5.41, 5.74) is 3.00. The average molecular weight is 255 g/mol. The molecular formula is C14H17N5. The number of aryl methyl sites for hydroxylation is 1. The van der Waals surface area contributed by atoms with Gasteiger partial charge in [0.1, 0.15) is 5.52 Å². The van der Waals surface area contributed by atoms with Gasteiger partial charge in [-0.1, -0.05) is 20.8 Å². The van der Waals surface area contributed by atoms with Crippen molar-refractivity contribution in [3.8, 4) is 5.82 Å². The third kappa shape index (κ3) is 2.01. The van der Waals surface area contributed by atoms with Gasteiger partial charge < -0.3 is 0 Å². The second-order valence-corrected chi connectivity index (χ2v) is 5.76. The zero-order chi connectivity index (χ0) is 13.6. The Bertz CT molecular complexity index is 730. The van der Waals surface area contributed by atoms with Crippen LogP contribution in [0, 0.1) is 6.92 Å². The highest BCUT2D eigenvalue weighted by Gasteiger charge is 2.19. The molecule has 0 aliphatic carbocycles. The van der Waals surface area contributed by atoms with Crippen LogP contribution in [0.2, 0.25) is 0 Å². The Morgan fingerprint density at radius 1 is 1.11 bits per heavy atom. The maximum Gasteiger partial charge on any atom is 0.179 e. The van der Waals surface area contributed by atoms with E-state index < -0.39 is 0 Å². The minimum atomic E-state index is 0.0172. The minimum Gasteiger partial charge on any atom is -0.235 e. The van der Waals surface area contributed by atoms with E-state index in [1.54, 1.807) is 10.9 Å². The van der Waals surface area contributed by atoms with Crippen LogP contribution in [0.3, 0.4) is 0 Å². The maximum atomic E-state index is 4.61. The van der Waals surface area contributed by atoms with Gasteiger partial charge in [-0.15, -0.1) is 0 Å². The van der Waals surface area contributed by atoms with Gasteiger partial charge in [-0.3, -0.25) is 0 Å². The molecule has 0 unspecified atom stereocenters. The molecule has 0 radical (unpaired) electrons. The summed E-state index contributed by atoms with van der Waals surface area (Å²) in [7, 11) is 0. The van der Waals surface area contributed by atoms with Gasteiger partial charge in [-0.05, 0) is 19.1 Å². The number of fused-ring (bicyclic) bond motifs is 1. The fraction of sp³-hybridized carbons (Fsp3) is 0.357. The van der Waals surface area contributed by atoms with Gasteiger partial charge in [-0.2, -0.15) is 10.2 Å². The Labute approximate surface area is 111 Å². The van der Waals surface area contributed by atoms with Crippen LogP contribution in [0.25, 0.3) is 11.3 Å². The van der Waals surface area contributed by atoms with Gasteiger partial charge in [0.15, 0.2) is 5.82 Å².